The zero-order valence-corrected chi connectivity index (χ0v) is 17.9. The summed E-state index contributed by atoms with van der Waals surface area (Å²) in [6.45, 7) is 8.34. The Kier molecular flexibility index (Phi) is 5.73. The Hall–Kier alpha value is -2.92. The van der Waals surface area contributed by atoms with Gasteiger partial charge in [0.2, 0.25) is 5.95 Å². The molecular formula is C25H29N3O2. The summed E-state index contributed by atoms with van der Waals surface area (Å²) >= 11 is 0. The normalized spacial score (nSPS) is 16.7. The molecule has 0 amide bonds. The van der Waals surface area contributed by atoms with E-state index in [-0.39, 0.29) is 11.5 Å². The Morgan fingerprint density at radius 3 is 2.33 bits per heavy atom. The number of hydrogen-bond acceptors (Lipinski definition) is 5. The van der Waals surface area contributed by atoms with Gasteiger partial charge in [-0.25, -0.2) is 9.97 Å². The number of anilines is 1. The maximum atomic E-state index is 9.72. The van der Waals surface area contributed by atoms with Crippen molar-refractivity contribution in [3.63, 3.8) is 0 Å². The Bertz CT molecular complexity index is 984. The quantitative estimate of drug-likeness (QED) is 0.666. The molecule has 0 aliphatic carbocycles. The van der Waals surface area contributed by atoms with E-state index < -0.39 is 0 Å². The Morgan fingerprint density at radius 2 is 1.70 bits per heavy atom. The SMILES string of the molecule is Cc1ccc(C(C)(C)c2ccc(OCc3ccnc(N4CC[C@@H](O)C4)n3)cc2)cc1. The van der Waals surface area contributed by atoms with Crippen LogP contribution >= 0.6 is 0 Å². The molecule has 1 N–H and O–H groups in total. The molecule has 0 radical (unpaired) electrons. The Balaban J connectivity index is 1.41. The molecule has 30 heavy (non-hydrogen) atoms. The number of ether oxygens (including phenoxy) is 1. The maximum absolute atomic E-state index is 9.72. The molecule has 2 heterocycles. The number of β-amino-alcohol motifs (C(OH)–C–C–N with tert-alkyl or cyclic N) is 1. The van der Waals surface area contributed by atoms with Gasteiger partial charge in [-0.15, -0.1) is 0 Å². The first-order valence-electron chi connectivity index (χ1n) is 10.5. The molecule has 1 fully saturated rings. The van der Waals surface area contributed by atoms with Crippen LogP contribution in [0.3, 0.4) is 0 Å². The highest BCUT2D eigenvalue weighted by molar-refractivity contribution is 5.41. The van der Waals surface area contributed by atoms with Gasteiger partial charge < -0.3 is 14.7 Å². The van der Waals surface area contributed by atoms with Crippen LogP contribution in [0.1, 0.15) is 42.7 Å². The fourth-order valence-electron chi connectivity index (χ4n) is 3.80. The summed E-state index contributed by atoms with van der Waals surface area (Å²) in [4.78, 5) is 10.9. The van der Waals surface area contributed by atoms with E-state index in [1.807, 2.05) is 23.1 Å². The molecule has 1 atom stereocenters. The van der Waals surface area contributed by atoms with Crippen LogP contribution in [0.4, 0.5) is 5.95 Å². The van der Waals surface area contributed by atoms with Gasteiger partial charge in [-0.1, -0.05) is 55.8 Å². The van der Waals surface area contributed by atoms with Gasteiger partial charge in [0.15, 0.2) is 0 Å². The second kappa shape index (κ2) is 8.44. The molecule has 1 aliphatic rings. The van der Waals surface area contributed by atoms with Crippen LogP contribution < -0.4 is 9.64 Å². The standard InChI is InChI=1S/C25H29N3O2/c1-18-4-6-19(7-5-18)25(2,3)20-8-10-23(11-9-20)30-17-21-12-14-26-24(27-21)28-15-13-22(29)16-28/h4-12,14,22,29H,13,15-17H2,1-3H3/t22-/m1/s1. The van der Waals surface area contributed by atoms with Crippen LogP contribution in [-0.4, -0.2) is 34.3 Å². The van der Waals surface area contributed by atoms with E-state index in [1.165, 1.54) is 16.7 Å². The first-order valence-corrected chi connectivity index (χ1v) is 10.5. The second-order valence-electron chi connectivity index (χ2n) is 8.54. The zero-order valence-electron chi connectivity index (χ0n) is 17.9. The van der Waals surface area contributed by atoms with Gasteiger partial charge in [-0.2, -0.15) is 0 Å². The van der Waals surface area contributed by atoms with Gasteiger partial charge in [0.05, 0.1) is 11.8 Å². The van der Waals surface area contributed by atoms with Crippen molar-refractivity contribution in [3.05, 3.63) is 83.2 Å². The highest BCUT2D eigenvalue weighted by Crippen LogP contribution is 2.32. The molecule has 2 aromatic carbocycles. The van der Waals surface area contributed by atoms with E-state index in [9.17, 15) is 5.11 Å². The van der Waals surface area contributed by atoms with Gasteiger partial charge >= 0.3 is 0 Å². The fraction of sp³-hybridized carbons (Fsp3) is 0.360. The van der Waals surface area contributed by atoms with Gasteiger partial charge in [-0.05, 0) is 42.7 Å². The van der Waals surface area contributed by atoms with Crippen molar-refractivity contribution >= 4 is 5.95 Å². The van der Waals surface area contributed by atoms with Crippen LogP contribution in [0.25, 0.3) is 0 Å². The lowest BCUT2D eigenvalue weighted by Crippen LogP contribution is -2.23. The predicted octanol–water partition coefficient (Wildman–Crippen LogP) is 4.26. The van der Waals surface area contributed by atoms with E-state index in [4.69, 9.17) is 4.74 Å². The minimum absolute atomic E-state index is 0.0753. The summed E-state index contributed by atoms with van der Waals surface area (Å²) in [5.41, 5.74) is 4.56. The summed E-state index contributed by atoms with van der Waals surface area (Å²) in [5.74, 6) is 1.47. The molecular weight excluding hydrogens is 374 g/mol. The lowest BCUT2D eigenvalue weighted by molar-refractivity contribution is 0.198. The van der Waals surface area contributed by atoms with E-state index in [0.717, 1.165) is 24.4 Å². The van der Waals surface area contributed by atoms with Crippen LogP contribution in [0.2, 0.25) is 0 Å². The lowest BCUT2D eigenvalue weighted by Gasteiger charge is -2.26. The number of hydrogen-bond donors (Lipinski definition) is 1. The molecule has 0 spiro atoms. The third kappa shape index (κ3) is 4.46. The average molecular weight is 404 g/mol. The molecule has 3 aromatic rings. The van der Waals surface area contributed by atoms with Gasteiger partial charge in [0, 0.05) is 24.7 Å². The number of benzene rings is 2. The smallest absolute Gasteiger partial charge is 0.225 e. The van der Waals surface area contributed by atoms with Crippen molar-refractivity contribution in [2.45, 2.75) is 45.3 Å². The van der Waals surface area contributed by atoms with Crippen LogP contribution in [0.15, 0.2) is 60.8 Å². The average Bonchev–Trinajstić information content (AvgIpc) is 3.19. The molecule has 4 rings (SSSR count). The summed E-state index contributed by atoms with van der Waals surface area (Å²) in [6, 6.07) is 18.9. The maximum Gasteiger partial charge on any atom is 0.225 e. The molecule has 1 aliphatic heterocycles. The van der Waals surface area contributed by atoms with Crippen molar-refractivity contribution in [2.24, 2.45) is 0 Å². The predicted molar refractivity (Wildman–Crippen MR) is 119 cm³/mol. The summed E-state index contributed by atoms with van der Waals surface area (Å²) < 4.78 is 5.96. The number of aliphatic hydroxyl groups is 1. The summed E-state index contributed by atoms with van der Waals surface area (Å²) in [7, 11) is 0. The monoisotopic (exact) mass is 403 g/mol. The molecule has 0 unspecified atom stereocenters. The van der Waals surface area contributed by atoms with Crippen molar-refractivity contribution in [1.82, 2.24) is 9.97 Å². The van der Waals surface area contributed by atoms with E-state index in [1.54, 1.807) is 6.20 Å². The van der Waals surface area contributed by atoms with E-state index in [2.05, 4.69) is 67.1 Å². The first-order chi connectivity index (χ1) is 14.4. The third-order valence-electron chi connectivity index (χ3n) is 5.88. The van der Waals surface area contributed by atoms with Crippen molar-refractivity contribution in [1.29, 1.82) is 0 Å². The molecule has 156 valence electrons. The van der Waals surface area contributed by atoms with Gasteiger partial charge in [0.25, 0.3) is 0 Å². The van der Waals surface area contributed by atoms with Crippen LogP contribution in [0.5, 0.6) is 5.75 Å². The van der Waals surface area contributed by atoms with Gasteiger partial charge in [-0.3, -0.25) is 0 Å². The van der Waals surface area contributed by atoms with Crippen LogP contribution in [0, 0.1) is 6.92 Å². The topological polar surface area (TPSA) is 58.5 Å². The number of nitrogens with zero attached hydrogens (tertiary/aromatic N) is 3. The minimum Gasteiger partial charge on any atom is -0.487 e. The number of aryl methyl sites for hydroxylation is 1. The molecule has 0 saturated carbocycles. The van der Waals surface area contributed by atoms with E-state index in [0.29, 0.717) is 19.1 Å². The highest BCUT2D eigenvalue weighted by Gasteiger charge is 2.23. The number of rotatable bonds is 6. The Morgan fingerprint density at radius 1 is 1.03 bits per heavy atom. The molecule has 5 heteroatoms. The van der Waals surface area contributed by atoms with Crippen molar-refractivity contribution < 1.29 is 9.84 Å². The largest absolute Gasteiger partial charge is 0.487 e. The summed E-state index contributed by atoms with van der Waals surface area (Å²) in [6.07, 6.45) is 2.21. The van der Waals surface area contributed by atoms with Crippen molar-refractivity contribution in [3.8, 4) is 5.75 Å². The second-order valence-corrected chi connectivity index (χ2v) is 8.54. The highest BCUT2D eigenvalue weighted by atomic mass is 16.5. The number of aromatic nitrogens is 2. The minimum atomic E-state index is -0.295. The third-order valence-corrected chi connectivity index (χ3v) is 5.88. The molecule has 1 saturated heterocycles. The van der Waals surface area contributed by atoms with Crippen LogP contribution in [-0.2, 0) is 12.0 Å². The molecule has 1 aromatic heterocycles. The van der Waals surface area contributed by atoms with Crippen molar-refractivity contribution in [2.75, 3.05) is 18.0 Å². The van der Waals surface area contributed by atoms with Gasteiger partial charge in [0.1, 0.15) is 12.4 Å². The fourth-order valence-corrected chi connectivity index (χ4v) is 3.80. The van der Waals surface area contributed by atoms with E-state index >= 15 is 0 Å². The molecule has 5 nitrogen and oxygen atoms in total. The number of aliphatic hydroxyl groups excluding tert-OH is 1. The lowest BCUT2D eigenvalue weighted by atomic mass is 9.78. The Labute approximate surface area is 178 Å². The summed E-state index contributed by atoms with van der Waals surface area (Å²) in [5, 5.41) is 9.72. The first kappa shape index (κ1) is 20.4. The zero-order chi connectivity index (χ0) is 21.1. The molecule has 0 bridgehead atoms.